The highest BCUT2D eigenvalue weighted by molar-refractivity contribution is 5.83. The zero-order valence-corrected chi connectivity index (χ0v) is 11.9. The van der Waals surface area contributed by atoms with Crippen LogP contribution in [-0.4, -0.2) is 53.4 Å². The average Bonchev–Trinajstić information content (AvgIpc) is 3.09. The Balaban J connectivity index is 2.01. The molecule has 22 heavy (non-hydrogen) atoms. The van der Waals surface area contributed by atoms with E-state index in [1.165, 1.54) is 6.33 Å². The fourth-order valence-corrected chi connectivity index (χ4v) is 2.26. The average molecular weight is 296 g/mol. The molecular formula is C12H12N10. The Hall–Kier alpha value is -3.30. The van der Waals surface area contributed by atoms with Crippen LogP contribution in [0.15, 0.2) is 25.2 Å². The van der Waals surface area contributed by atoms with E-state index in [1.807, 2.05) is 19.0 Å². The van der Waals surface area contributed by atoms with Gasteiger partial charge in [-0.2, -0.15) is 4.98 Å². The van der Waals surface area contributed by atoms with Crippen LogP contribution in [0.25, 0.3) is 22.3 Å². The van der Waals surface area contributed by atoms with Gasteiger partial charge in [-0.25, -0.2) is 34.3 Å². The van der Waals surface area contributed by atoms with E-state index in [2.05, 4.69) is 29.9 Å². The lowest BCUT2D eigenvalue weighted by atomic mass is 10.5. The number of aromatic nitrogens is 8. The van der Waals surface area contributed by atoms with Crippen molar-refractivity contribution in [1.82, 2.24) is 39.3 Å². The summed E-state index contributed by atoms with van der Waals surface area (Å²) < 4.78 is 3.46. The Bertz CT molecular complexity index is 982. The highest BCUT2D eigenvalue weighted by atomic mass is 15.5. The van der Waals surface area contributed by atoms with Crippen LogP contribution in [0, 0.1) is 0 Å². The summed E-state index contributed by atoms with van der Waals surface area (Å²) in [5.41, 5.74) is 8.22. The van der Waals surface area contributed by atoms with Gasteiger partial charge < -0.3 is 10.6 Å². The van der Waals surface area contributed by atoms with Crippen molar-refractivity contribution in [2.75, 3.05) is 24.7 Å². The molecule has 10 nitrogen and oxygen atoms in total. The summed E-state index contributed by atoms with van der Waals surface area (Å²) >= 11 is 0. The third-order valence-electron chi connectivity index (χ3n) is 3.24. The van der Waals surface area contributed by atoms with Crippen LogP contribution in [-0.2, 0) is 0 Å². The normalized spacial score (nSPS) is 11.4. The number of nitrogens with two attached hydrogens (primary N) is 1. The van der Waals surface area contributed by atoms with Crippen LogP contribution in [0.3, 0.4) is 0 Å². The van der Waals surface area contributed by atoms with E-state index in [0.29, 0.717) is 22.3 Å². The molecule has 0 aliphatic rings. The summed E-state index contributed by atoms with van der Waals surface area (Å²) in [5, 5.41) is 0. The molecular weight excluding hydrogens is 284 g/mol. The van der Waals surface area contributed by atoms with Crippen LogP contribution >= 0.6 is 0 Å². The molecule has 0 atom stereocenters. The predicted molar refractivity (Wildman–Crippen MR) is 80.2 cm³/mol. The number of anilines is 2. The molecule has 0 radical (unpaired) electrons. The monoisotopic (exact) mass is 296 g/mol. The van der Waals surface area contributed by atoms with Crippen LogP contribution < -0.4 is 10.6 Å². The van der Waals surface area contributed by atoms with E-state index in [1.54, 1.807) is 28.2 Å². The van der Waals surface area contributed by atoms with Crippen molar-refractivity contribution >= 4 is 34.1 Å². The van der Waals surface area contributed by atoms with E-state index in [-0.39, 0.29) is 5.95 Å². The van der Waals surface area contributed by atoms with Gasteiger partial charge in [0, 0.05) is 14.1 Å². The number of imidazole rings is 2. The lowest BCUT2D eigenvalue weighted by Gasteiger charge is -2.11. The van der Waals surface area contributed by atoms with Gasteiger partial charge in [0.2, 0.25) is 5.95 Å². The molecule has 4 heterocycles. The van der Waals surface area contributed by atoms with Gasteiger partial charge in [0.15, 0.2) is 22.6 Å². The number of nitrogens with zero attached hydrogens (tertiary/aromatic N) is 9. The predicted octanol–water partition coefficient (Wildman–Crippen LogP) is -0.0744. The van der Waals surface area contributed by atoms with E-state index in [9.17, 15) is 0 Å². The zero-order valence-electron chi connectivity index (χ0n) is 11.9. The standard InChI is InChI=1S/C12H12N10/c1-20(2)10-8-11(16-4-15-10)22(6-18-8)21-5-17-7-3-14-12(13)19-9(7)21/h3-6H,1-2H3,(H2,13,14,19). The van der Waals surface area contributed by atoms with E-state index < -0.39 is 0 Å². The molecule has 0 fully saturated rings. The Morgan fingerprint density at radius 2 is 1.73 bits per heavy atom. The summed E-state index contributed by atoms with van der Waals surface area (Å²) in [6.45, 7) is 0. The largest absolute Gasteiger partial charge is 0.368 e. The molecule has 4 aromatic heterocycles. The van der Waals surface area contributed by atoms with Gasteiger partial charge in [0.25, 0.3) is 0 Å². The third-order valence-corrected chi connectivity index (χ3v) is 3.24. The molecule has 0 aliphatic carbocycles. The smallest absolute Gasteiger partial charge is 0.222 e. The first-order valence-corrected chi connectivity index (χ1v) is 6.47. The second-order valence-electron chi connectivity index (χ2n) is 4.88. The van der Waals surface area contributed by atoms with Crippen LogP contribution in [0.5, 0.6) is 0 Å². The maximum absolute atomic E-state index is 5.66. The summed E-state index contributed by atoms with van der Waals surface area (Å²) in [5.74, 6) is 0.921. The number of hydrogen-bond acceptors (Lipinski definition) is 8. The summed E-state index contributed by atoms with van der Waals surface area (Å²) in [6.07, 6.45) is 6.34. The van der Waals surface area contributed by atoms with Gasteiger partial charge >= 0.3 is 0 Å². The van der Waals surface area contributed by atoms with Crippen LogP contribution in [0.1, 0.15) is 0 Å². The maximum Gasteiger partial charge on any atom is 0.222 e. The molecule has 0 saturated carbocycles. The number of fused-ring (bicyclic) bond motifs is 2. The Kier molecular flexibility index (Phi) is 2.46. The first-order chi connectivity index (χ1) is 10.6. The number of hydrogen-bond donors (Lipinski definition) is 1. The molecule has 0 amide bonds. The SMILES string of the molecule is CN(C)c1ncnc2c1ncn2-n1cnc2cnc(N)nc21. The van der Waals surface area contributed by atoms with Crippen molar-refractivity contribution in [3.05, 3.63) is 25.2 Å². The fourth-order valence-electron chi connectivity index (χ4n) is 2.26. The first kappa shape index (κ1) is 12.4. The van der Waals surface area contributed by atoms with Gasteiger partial charge in [-0.3, -0.25) is 0 Å². The zero-order chi connectivity index (χ0) is 15.3. The van der Waals surface area contributed by atoms with Gasteiger partial charge in [0.05, 0.1) is 6.20 Å². The van der Waals surface area contributed by atoms with E-state index in [0.717, 1.165) is 5.82 Å². The molecule has 10 heteroatoms. The van der Waals surface area contributed by atoms with E-state index in [4.69, 9.17) is 5.73 Å². The molecule has 0 aromatic carbocycles. The Labute approximate surface area is 124 Å². The molecule has 4 rings (SSSR count). The van der Waals surface area contributed by atoms with Crippen molar-refractivity contribution in [1.29, 1.82) is 0 Å². The molecule has 4 aromatic rings. The summed E-state index contributed by atoms with van der Waals surface area (Å²) in [4.78, 5) is 27.3. The fraction of sp³-hybridized carbons (Fsp3) is 0.167. The van der Waals surface area contributed by atoms with Crippen LogP contribution in [0.2, 0.25) is 0 Å². The molecule has 0 bridgehead atoms. The minimum absolute atomic E-state index is 0.183. The highest BCUT2D eigenvalue weighted by Gasteiger charge is 2.14. The van der Waals surface area contributed by atoms with Crippen LogP contribution in [0.4, 0.5) is 11.8 Å². The molecule has 2 N–H and O–H groups in total. The van der Waals surface area contributed by atoms with Crippen molar-refractivity contribution < 1.29 is 0 Å². The van der Waals surface area contributed by atoms with Gasteiger partial charge in [-0.15, -0.1) is 0 Å². The minimum Gasteiger partial charge on any atom is -0.368 e. The van der Waals surface area contributed by atoms with E-state index >= 15 is 0 Å². The van der Waals surface area contributed by atoms with Gasteiger partial charge in [-0.1, -0.05) is 0 Å². The maximum atomic E-state index is 5.66. The quantitative estimate of drug-likeness (QED) is 0.546. The topological polar surface area (TPSA) is 116 Å². The second-order valence-corrected chi connectivity index (χ2v) is 4.88. The first-order valence-electron chi connectivity index (χ1n) is 6.47. The van der Waals surface area contributed by atoms with Crippen molar-refractivity contribution in [3.63, 3.8) is 0 Å². The van der Waals surface area contributed by atoms with Gasteiger partial charge in [-0.05, 0) is 0 Å². The molecule has 0 saturated heterocycles. The molecule has 0 aliphatic heterocycles. The molecule has 0 unspecified atom stereocenters. The Morgan fingerprint density at radius 1 is 0.955 bits per heavy atom. The summed E-state index contributed by atoms with van der Waals surface area (Å²) in [6, 6.07) is 0. The Morgan fingerprint density at radius 3 is 2.55 bits per heavy atom. The van der Waals surface area contributed by atoms with Crippen molar-refractivity contribution in [2.24, 2.45) is 0 Å². The third kappa shape index (κ3) is 1.67. The highest BCUT2D eigenvalue weighted by Crippen LogP contribution is 2.20. The number of rotatable bonds is 2. The summed E-state index contributed by atoms with van der Waals surface area (Å²) in [7, 11) is 3.81. The van der Waals surface area contributed by atoms with Gasteiger partial charge in [0.1, 0.15) is 24.5 Å². The lowest BCUT2D eigenvalue weighted by molar-refractivity contribution is 0.687. The second kappa shape index (κ2) is 4.35. The number of nitrogen functional groups attached to an aromatic ring is 1. The minimum atomic E-state index is 0.183. The lowest BCUT2D eigenvalue weighted by Crippen LogP contribution is -2.12. The van der Waals surface area contributed by atoms with Crippen molar-refractivity contribution in [3.8, 4) is 0 Å². The van der Waals surface area contributed by atoms with Crippen molar-refractivity contribution in [2.45, 2.75) is 0 Å². The molecule has 0 spiro atoms. The molecule has 110 valence electrons.